The van der Waals surface area contributed by atoms with Crippen molar-refractivity contribution >= 4 is 5.91 Å². The SMILES string of the molecule is COc1ncc(C(F)(F)F)cc1C#CCCNC(C)=O. The lowest BCUT2D eigenvalue weighted by molar-refractivity contribution is -0.137. The highest BCUT2D eigenvalue weighted by molar-refractivity contribution is 5.72. The molecule has 0 aliphatic rings. The van der Waals surface area contributed by atoms with Crippen LogP contribution >= 0.6 is 0 Å². The summed E-state index contributed by atoms with van der Waals surface area (Å²) in [4.78, 5) is 14.2. The molecule has 0 aliphatic carbocycles. The van der Waals surface area contributed by atoms with Gasteiger partial charge in [0.1, 0.15) is 0 Å². The first-order valence-corrected chi connectivity index (χ1v) is 5.69. The number of carbonyl (C=O) groups excluding carboxylic acids is 1. The molecule has 0 spiro atoms. The first-order chi connectivity index (χ1) is 9.34. The fourth-order valence-corrected chi connectivity index (χ4v) is 1.32. The third kappa shape index (κ3) is 4.80. The molecular weight excluding hydrogens is 273 g/mol. The van der Waals surface area contributed by atoms with Gasteiger partial charge in [-0.25, -0.2) is 4.98 Å². The van der Waals surface area contributed by atoms with E-state index in [-0.39, 0.29) is 17.4 Å². The Bertz CT molecular complexity index is 545. The summed E-state index contributed by atoms with van der Waals surface area (Å²) in [5, 5.41) is 2.53. The van der Waals surface area contributed by atoms with E-state index in [1.54, 1.807) is 0 Å². The maximum Gasteiger partial charge on any atom is 0.417 e. The van der Waals surface area contributed by atoms with E-state index in [1.165, 1.54) is 14.0 Å². The molecule has 0 radical (unpaired) electrons. The molecule has 0 saturated heterocycles. The molecule has 1 rings (SSSR count). The number of amides is 1. The minimum absolute atomic E-state index is 0.0324. The zero-order valence-electron chi connectivity index (χ0n) is 11.0. The highest BCUT2D eigenvalue weighted by atomic mass is 19.4. The number of alkyl halides is 3. The second-order valence-electron chi connectivity index (χ2n) is 3.81. The zero-order chi connectivity index (χ0) is 15.2. The standard InChI is InChI=1S/C13H13F3N2O2/c1-9(19)17-6-4-3-5-10-7-11(13(14,15)16)8-18-12(10)20-2/h7-8H,4,6H2,1-2H3,(H,17,19). The molecule has 1 aromatic heterocycles. The molecule has 0 atom stereocenters. The van der Waals surface area contributed by atoms with Crippen molar-refractivity contribution in [2.24, 2.45) is 0 Å². The van der Waals surface area contributed by atoms with Crippen molar-refractivity contribution in [3.05, 3.63) is 23.4 Å². The Morgan fingerprint density at radius 2 is 2.20 bits per heavy atom. The van der Waals surface area contributed by atoms with Gasteiger partial charge >= 0.3 is 6.18 Å². The van der Waals surface area contributed by atoms with Crippen molar-refractivity contribution < 1.29 is 22.7 Å². The third-order valence-corrected chi connectivity index (χ3v) is 2.22. The number of nitrogens with zero attached hydrogens (tertiary/aromatic N) is 1. The van der Waals surface area contributed by atoms with Crippen LogP contribution in [-0.2, 0) is 11.0 Å². The molecule has 20 heavy (non-hydrogen) atoms. The van der Waals surface area contributed by atoms with Crippen LogP contribution in [0, 0.1) is 11.8 Å². The minimum atomic E-state index is -4.48. The fourth-order valence-electron chi connectivity index (χ4n) is 1.32. The summed E-state index contributed by atoms with van der Waals surface area (Å²) in [6, 6.07) is 0.886. The van der Waals surface area contributed by atoms with E-state index in [0.717, 1.165) is 6.07 Å². The number of hydrogen-bond acceptors (Lipinski definition) is 3. The predicted molar refractivity (Wildman–Crippen MR) is 66.0 cm³/mol. The number of carbonyl (C=O) groups is 1. The molecule has 0 aromatic carbocycles. The van der Waals surface area contributed by atoms with E-state index in [0.29, 0.717) is 19.2 Å². The summed E-state index contributed by atoms with van der Waals surface area (Å²) in [5.74, 6) is 5.06. The van der Waals surface area contributed by atoms with Crippen molar-refractivity contribution in [1.82, 2.24) is 10.3 Å². The summed E-state index contributed by atoms with van der Waals surface area (Å²) >= 11 is 0. The highest BCUT2D eigenvalue weighted by Gasteiger charge is 2.31. The Morgan fingerprint density at radius 3 is 2.75 bits per heavy atom. The quantitative estimate of drug-likeness (QED) is 0.683. The van der Waals surface area contributed by atoms with Crippen molar-refractivity contribution in [1.29, 1.82) is 0 Å². The number of aromatic nitrogens is 1. The highest BCUT2D eigenvalue weighted by Crippen LogP contribution is 2.30. The van der Waals surface area contributed by atoms with Crippen LogP contribution < -0.4 is 10.1 Å². The second-order valence-corrected chi connectivity index (χ2v) is 3.81. The number of halogens is 3. The number of rotatable bonds is 3. The van der Waals surface area contributed by atoms with Gasteiger partial charge < -0.3 is 10.1 Å². The Labute approximate surface area is 114 Å². The van der Waals surface area contributed by atoms with E-state index in [4.69, 9.17) is 4.74 Å². The van der Waals surface area contributed by atoms with Gasteiger partial charge in [-0.2, -0.15) is 13.2 Å². The normalized spacial score (nSPS) is 10.4. The maximum absolute atomic E-state index is 12.6. The van der Waals surface area contributed by atoms with Crippen molar-refractivity contribution in [3.8, 4) is 17.7 Å². The lowest BCUT2D eigenvalue weighted by Gasteiger charge is -2.08. The average Bonchev–Trinajstić information content (AvgIpc) is 2.36. The lowest BCUT2D eigenvalue weighted by Crippen LogP contribution is -2.20. The summed E-state index contributed by atoms with van der Waals surface area (Å²) in [6.45, 7) is 1.70. The molecule has 0 aliphatic heterocycles. The molecule has 4 nitrogen and oxygen atoms in total. The monoisotopic (exact) mass is 286 g/mol. The molecule has 1 aromatic rings. The van der Waals surface area contributed by atoms with Crippen LogP contribution in [0.15, 0.2) is 12.3 Å². The van der Waals surface area contributed by atoms with Crippen LogP contribution in [0.1, 0.15) is 24.5 Å². The zero-order valence-corrected chi connectivity index (χ0v) is 11.0. The Morgan fingerprint density at radius 1 is 1.50 bits per heavy atom. The van der Waals surface area contributed by atoms with Gasteiger partial charge in [0.2, 0.25) is 11.8 Å². The van der Waals surface area contributed by atoms with E-state index in [1.807, 2.05) is 0 Å². The molecule has 1 heterocycles. The van der Waals surface area contributed by atoms with Crippen molar-refractivity contribution in [3.63, 3.8) is 0 Å². The van der Waals surface area contributed by atoms with Gasteiger partial charge in [-0.05, 0) is 6.07 Å². The molecular formula is C13H13F3N2O2. The second kappa shape index (κ2) is 6.80. The lowest BCUT2D eigenvalue weighted by atomic mass is 10.2. The van der Waals surface area contributed by atoms with E-state index < -0.39 is 11.7 Å². The number of ether oxygens (including phenoxy) is 1. The predicted octanol–water partition coefficient (Wildman–Crippen LogP) is 1.99. The molecule has 108 valence electrons. The average molecular weight is 286 g/mol. The van der Waals surface area contributed by atoms with Crippen molar-refractivity contribution in [2.75, 3.05) is 13.7 Å². The van der Waals surface area contributed by atoms with E-state index in [9.17, 15) is 18.0 Å². The van der Waals surface area contributed by atoms with Crippen molar-refractivity contribution in [2.45, 2.75) is 19.5 Å². The van der Waals surface area contributed by atoms with Gasteiger partial charge in [0.05, 0.1) is 18.2 Å². The summed E-state index contributed by atoms with van der Waals surface area (Å²) in [7, 11) is 1.30. The van der Waals surface area contributed by atoms with Gasteiger partial charge in [-0.1, -0.05) is 11.8 Å². The maximum atomic E-state index is 12.6. The summed E-state index contributed by atoms with van der Waals surface area (Å²) in [5.41, 5.74) is -0.824. The van der Waals surface area contributed by atoms with Crippen LogP contribution in [0.4, 0.5) is 13.2 Å². The van der Waals surface area contributed by atoms with Crippen LogP contribution in [0.3, 0.4) is 0 Å². The smallest absolute Gasteiger partial charge is 0.417 e. The minimum Gasteiger partial charge on any atom is -0.480 e. The third-order valence-electron chi connectivity index (χ3n) is 2.22. The van der Waals surface area contributed by atoms with Gasteiger partial charge in [-0.3, -0.25) is 4.79 Å². The molecule has 0 bridgehead atoms. The molecule has 0 unspecified atom stereocenters. The van der Waals surface area contributed by atoms with Crippen LogP contribution in [0.2, 0.25) is 0 Å². The van der Waals surface area contributed by atoms with Crippen LogP contribution in [-0.4, -0.2) is 24.5 Å². The molecule has 1 N–H and O–H groups in total. The Balaban J connectivity index is 2.87. The number of methoxy groups -OCH3 is 1. The first-order valence-electron chi connectivity index (χ1n) is 5.69. The molecule has 1 amide bonds. The Kier molecular flexibility index (Phi) is 5.38. The summed E-state index contributed by atoms with van der Waals surface area (Å²) < 4.78 is 42.5. The van der Waals surface area contributed by atoms with Gasteiger partial charge in [0.25, 0.3) is 0 Å². The van der Waals surface area contributed by atoms with Gasteiger partial charge in [0.15, 0.2) is 0 Å². The molecule has 7 heteroatoms. The van der Waals surface area contributed by atoms with Gasteiger partial charge in [-0.15, -0.1) is 0 Å². The Hall–Kier alpha value is -2.23. The number of hydrogen-bond donors (Lipinski definition) is 1. The summed E-state index contributed by atoms with van der Waals surface area (Å²) in [6.07, 6.45) is -3.47. The van der Waals surface area contributed by atoms with Gasteiger partial charge in [0, 0.05) is 26.1 Å². The number of nitrogens with one attached hydrogen (secondary N) is 1. The first kappa shape index (κ1) is 15.8. The molecule has 0 fully saturated rings. The van der Waals surface area contributed by atoms with E-state index in [2.05, 4.69) is 22.1 Å². The largest absolute Gasteiger partial charge is 0.480 e. The van der Waals surface area contributed by atoms with Crippen LogP contribution in [0.25, 0.3) is 0 Å². The fraction of sp³-hybridized carbons (Fsp3) is 0.385. The van der Waals surface area contributed by atoms with Crippen LogP contribution in [0.5, 0.6) is 5.88 Å². The van der Waals surface area contributed by atoms with E-state index >= 15 is 0 Å². The topological polar surface area (TPSA) is 51.2 Å². The number of pyridine rings is 1. The molecule has 0 saturated carbocycles.